The highest BCUT2D eigenvalue weighted by atomic mass is 32.2. The lowest BCUT2D eigenvalue weighted by Crippen LogP contribution is -2.17. The van der Waals surface area contributed by atoms with Crippen LogP contribution in [0.5, 0.6) is 5.75 Å². The minimum Gasteiger partial charge on any atom is -0.508 e. The molecule has 5 nitrogen and oxygen atoms in total. The standard InChI is InChI=1S/C14H16N2O3S/c1-16(2)14-9-4-3-8-13(14)15-20(18,19)12-7-5-6-11(17)10-12/h3-10,15,17H,1-2H3. The van der Waals surface area contributed by atoms with Crippen molar-refractivity contribution in [2.75, 3.05) is 23.7 Å². The predicted molar refractivity (Wildman–Crippen MR) is 79.7 cm³/mol. The minimum absolute atomic E-state index is 0.0195. The average Bonchev–Trinajstić information content (AvgIpc) is 2.38. The molecule has 106 valence electrons. The number of aromatic hydroxyl groups is 1. The van der Waals surface area contributed by atoms with Crippen molar-refractivity contribution < 1.29 is 13.5 Å². The van der Waals surface area contributed by atoms with Crippen molar-refractivity contribution >= 4 is 21.4 Å². The van der Waals surface area contributed by atoms with Gasteiger partial charge in [0.1, 0.15) is 5.75 Å². The van der Waals surface area contributed by atoms with E-state index in [9.17, 15) is 13.5 Å². The number of sulfonamides is 1. The number of phenols is 1. The molecule has 0 aliphatic heterocycles. The van der Waals surface area contributed by atoms with Gasteiger partial charge in [0, 0.05) is 20.2 Å². The summed E-state index contributed by atoms with van der Waals surface area (Å²) in [5, 5.41) is 9.38. The van der Waals surface area contributed by atoms with Crippen molar-refractivity contribution in [3.8, 4) is 5.75 Å². The minimum atomic E-state index is -3.73. The number of nitrogens with zero attached hydrogens (tertiary/aromatic N) is 1. The Bertz CT molecular complexity index is 712. The first-order valence-corrected chi connectivity index (χ1v) is 7.47. The molecule has 2 aromatic carbocycles. The Morgan fingerprint density at radius 2 is 1.75 bits per heavy atom. The molecule has 0 bridgehead atoms. The van der Waals surface area contributed by atoms with Gasteiger partial charge in [-0.1, -0.05) is 18.2 Å². The second-order valence-corrected chi connectivity index (χ2v) is 6.20. The quantitative estimate of drug-likeness (QED) is 0.907. The highest BCUT2D eigenvalue weighted by Gasteiger charge is 2.16. The zero-order chi connectivity index (χ0) is 14.8. The molecule has 2 N–H and O–H groups in total. The van der Waals surface area contributed by atoms with Crippen LogP contribution in [0.25, 0.3) is 0 Å². The van der Waals surface area contributed by atoms with E-state index in [2.05, 4.69) is 4.72 Å². The molecule has 20 heavy (non-hydrogen) atoms. The smallest absolute Gasteiger partial charge is 0.262 e. The van der Waals surface area contributed by atoms with E-state index in [-0.39, 0.29) is 10.6 Å². The maximum absolute atomic E-state index is 12.3. The van der Waals surface area contributed by atoms with Crippen LogP contribution in [0, 0.1) is 0 Å². The Labute approximate surface area is 118 Å². The maximum atomic E-state index is 12.3. The lowest BCUT2D eigenvalue weighted by atomic mass is 10.2. The SMILES string of the molecule is CN(C)c1ccccc1NS(=O)(=O)c1cccc(O)c1. The Morgan fingerprint density at radius 3 is 2.40 bits per heavy atom. The van der Waals surface area contributed by atoms with Crippen molar-refractivity contribution in [3.05, 3.63) is 48.5 Å². The average molecular weight is 292 g/mol. The van der Waals surface area contributed by atoms with E-state index in [0.717, 1.165) is 5.69 Å². The van der Waals surface area contributed by atoms with Gasteiger partial charge < -0.3 is 10.0 Å². The number of para-hydroxylation sites is 2. The third-order valence-electron chi connectivity index (χ3n) is 2.76. The van der Waals surface area contributed by atoms with Crippen LogP contribution in [0.3, 0.4) is 0 Å². The Balaban J connectivity index is 2.39. The van der Waals surface area contributed by atoms with Gasteiger partial charge >= 0.3 is 0 Å². The van der Waals surface area contributed by atoms with E-state index in [4.69, 9.17) is 0 Å². The monoisotopic (exact) mass is 292 g/mol. The van der Waals surface area contributed by atoms with E-state index in [0.29, 0.717) is 5.69 Å². The summed E-state index contributed by atoms with van der Waals surface area (Å²) in [5.74, 6) is -0.0891. The lowest BCUT2D eigenvalue weighted by molar-refractivity contribution is 0.473. The van der Waals surface area contributed by atoms with Gasteiger partial charge in [0.15, 0.2) is 0 Å². The van der Waals surface area contributed by atoms with Crippen LogP contribution in [0.15, 0.2) is 53.4 Å². The first-order valence-electron chi connectivity index (χ1n) is 5.98. The van der Waals surface area contributed by atoms with E-state index < -0.39 is 10.0 Å². The highest BCUT2D eigenvalue weighted by molar-refractivity contribution is 7.92. The fraction of sp³-hybridized carbons (Fsp3) is 0.143. The van der Waals surface area contributed by atoms with Gasteiger partial charge in [-0.3, -0.25) is 4.72 Å². The van der Waals surface area contributed by atoms with Crippen molar-refractivity contribution in [2.45, 2.75) is 4.90 Å². The van der Waals surface area contributed by atoms with Gasteiger partial charge in [0.25, 0.3) is 10.0 Å². The van der Waals surface area contributed by atoms with Gasteiger partial charge in [-0.15, -0.1) is 0 Å². The molecule has 0 spiro atoms. The lowest BCUT2D eigenvalue weighted by Gasteiger charge is -2.18. The molecule has 6 heteroatoms. The normalized spacial score (nSPS) is 11.1. The molecule has 0 aliphatic rings. The van der Waals surface area contributed by atoms with Crippen molar-refractivity contribution in [2.24, 2.45) is 0 Å². The topological polar surface area (TPSA) is 69.6 Å². The number of nitrogens with one attached hydrogen (secondary N) is 1. The first kappa shape index (κ1) is 14.2. The summed E-state index contributed by atoms with van der Waals surface area (Å²) < 4.78 is 27.1. The molecule has 0 radical (unpaired) electrons. The number of hydrogen-bond acceptors (Lipinski definition) is 4. The third kappa shape index (κ3) is 3.03. The molecule has 0 unspecified atom stereocenters. The maximum Gasteiger partial charge on any atom is 0.262 e. The highest BCUT2D eigenvalue weighted by Crippen LogP contribution is 2.27. The second-order valence-electron chi connectivity index (χ2n) is 4.51. The third-order valence-corrected chi connectivity index (χ3v) is 4.12. The molecule has 0 aliphatic carbocycles. The van der Waals surface area contributed by atoms with Crippen LogP contribution >= 0.6 is 0 Å². The fourth-order valence-electron chi connectivity index (χ4n) is 1.80. The summed E-state index contributed by atoms with van der Waals surface area (Å²) in [6.07, 6.45) is 0. The zero-order valence-electron chi connectivity index (χ0n) is 11.2. The van der Waals surface area contributed by atoms with Gasteiger partial charge in [-0.25, -0.2) is 8.42 Å². The molecule has 0 amide bonds. The molecule has 0 heterocycles. The summed E-state index contributed by atoms with van der Waals surface area (Å²) >= 11 is 0. The van der Waals surface area contributed by atoms with E-state index in [1.54, 1.807) is 12.1 Å². The number of rotatable bonds is 4. The number of phenolic OH excluding ortho intramolecular Hbond substituents is 1. The van der Waals surface area contributed by atoms with Gasteiger partial charge in [0.05, 0.1) is 16.3 Å². The molecule has 0 saturated heterocycles. The van der Waals surface area contributed by atoms with Crippen molar-refractivity contribution in [1.29, 1.82) is 0 Å². The molecular weight excluding hydrogens is 276 g/mol. The Kier molecular flexibility index (Phi) is 3.85. The molecule has 2 rings (SSSR count). The second kappa shape index (κ2) is 5.42. The van der Waals surface area contributed by atoms with Crippen LogP contribution in [-0.4, -0.2) is 27.6 Å². The largest absolute Gasteiger partial charge is 0.508 e. The van der Waals surface area contributed by atoms with Gasteiger partial charge in [-0.2, -0.15) is 0 Å². The summed E-state index contributed by atoms with van der Waals surface area (Å²) in [6, 6.07) is 12.7. The fourth-order valence-corrected chi connectivity index (χ4v) is 2.92. The number of anilines is 2. The summed E-state index contributed by atoms with van der Waals surface area (Å²) in [6.45, 7) is 0. The zero-order valence-corrected chi connectivity index (χ0v) is 12.1. The molecule has 0 saturated carbocycles. The van der Waals surface area contributed by atoms with E-state index in [1.165, 1.54) is 24.3 Å². The molecule has 0 aromatic heterocycles. The number of benzene rings is 2. The molecular formula is C14H16N2O3S. The summed E-state index contributed by atoms with van der Waals surface area (Å²) in [4.78, 5) is 1.84. The summed E-state index contributed by atoms with van der Waals surface area (Å²) in [7, 11) is -0.0589. The van der Waals surface area contributed by atoms with Crippen molar-refractivity contribution in [1.82, 2.24) is 0 Å². The Hall–Kier alpha value is -2.21. The van der Waals surface area contributed by atoms with E-state index >= 15 is 0 Å². The van der Waals surface area contributed by atoms with E-state index in [1.807, 2.05) is 31.1 Å². The van der Waals surface area contributed by atoms with Gasteiger partial charge in [0.2, 0.25) is 0 Å². The predicted octanol–water partition coefficient (Wildman–Crippen LogP) is 2.26. The number of hydrogen-bond donors (Lipinski definition) is 2. The molecule has 2 aromatic rings. The molecule has 0 fully saturated rings. The Morgan fingerprint density at radius 1 is 1.05 bits per heavy atom. The van der Waals surface area contributed by atoms with Gasteiger partial charge in [-0.05, 0) is 24.3 Å². The van der Waals surface area contributed by atoms with Crippen LogP contribution in [0.4, 0.5) is 11.4 Å². The van der Waals surface area contributed by atoms with Crippen LogP contribution in [0.2, 0.25) is 0 Å². The van der Waals surface area contributed by atoms with Crippen LogP contribution in [-0.2, 0) is 10.0 Å². The van der Waals surface area contributed by atoms with Crippen LogP contribution < -0.4 is 9.62 Å². The first-order chi connectivity index (χ1) is 9.40. The van der Waals surface area contributed by atoms with Crippen molar-refractivity contribution in [3.63, 3.8) is 0 Å². The molecule has 0 atom stereocenters. The van der Waals surface area contributed by atoms with Crippen LogP contribution in [0.1, 0.15) is 0 Å². The summed E-state index contributed by atoms with van der Waals surface area (Å²) in [5.41, 5.74) is 1.25.